The van der Waals surface area contributed by atoms with Gasteiger partial charge in [0.15, 0.2) is 0 Å². The van der Waals surface area contributed by atoms with Crippen LogP contribution in [-0.2, 0) is 0 Å². The Bertz CT molecular complexity index is 928. The van der Waals surface area contributed by atoms with Crippen molar-refractivity contribution in [3.05, 3.63) is 63.4 Å². The van der Waals surface area contributed by atoms with Gasteiger partial charge < -0.3 is 4.90 Å². The van der Waals surface area contributed by atoms with Gasteiger partial charge in [-0.25, -0.2) is 4.39 Å². The molecule has 0 unspecified atom stereocenters. The lowest BCUT2D eigenvalue weighted by Gasteiger charge is -2.43. The summed E-state index contributed by atoms with van der Waals surface area (Å²) in [6.45, 7) is 11.5. The van der Waals surface area contributed by atoms with Crippen LogP contribution in [0.25, 0.3) is 5.57 Å². The van der Waals surface area contributed by atoms with Crippen LogP contribution < -0.4 is 4.90 Å². The Hall–Kier alpha value is -1.94. The van der Waals surface area contributed by atoms with Gasteiger partial charge in [-0.2, -0.15) is 0 Å². The van der Waals surface area contributed by atoms with Gasteiger partial charge in [-0.3, -0.25) is 4.99 Å². The van der Waals surface area contributed by atoms with Crippen LogP contribution in [0.5, 0.6) is 0 Å². The molecule has 1 aliphatic rings. The Morgan fingerprint density at radius 2 is 1.93 bits per heavy atom. The van der Waals surface area contributed by atoms with E-state index in [0.29, 0.717) is 5.56 Å². The molecule has 3 rings (SSSR count). The predicted octanol–water partition coefficient (Wildman–Crippen LogP) is 7.06. The van der Waals surface area contributed by atoms with E-state index in [-0.39, 0.29) is 11.4 Å². The normalized spacial score (nSPS) is 15.8. The van der Waals surface area contributed by atoms with Crippen LogP contribution in [0, 0.1) is 12.7 Å². The van der Waals surface area contributed by atoms with Gasteiger partial charge in [-0.1, -0.05) is 19.1 Å². The molecular formula is C23H26BrFN2. The van der Waals surface area contributed by atoms with Gasteiger partial charge in [0, 0.05) is 34.0 Å². The minimum absolute atomic E-state index is 0.123. The van der Waals surface area contributed by atoms with Crippen molar-refractivity contribution in [3.8, 4) is 0 Å². The van der Waals surface area contributed by atoms with E-state index in [9.17, 15) is 4.39 Å². The fourth-order valence-corrected chi connectivity index (χ4v) is 4.30. The number of anilines is 1. The van der Waals surface area contributed by atoms with Gasteiger partial charge in [-0.15, -0.1) is 0 Å². The van der Waals surface area contributed by atoms with Crippen molar-refractivity contribution in [2.45, 2.75) is 46.6 Å². The average Bonchev–Trinajstić information content (AvgIpc) is 2.58. The molecule has 0 amide bonds. The lowest BCUT2D eigenvalue weighted by atomic mass is 9.87. The smallest absolute Gasteiger partial charge is 0.134 e. The minimum Gasteiger partial charge on any atom is -0.362 e. The third-order valence-corrected chi connectivity index (χ3v) is 5.62. The maximum Gasteiger partial charge on any atom is 0.134 e. The average molecular weight is 429 g/mol. The Morgan fingerprint density at radius 1 is 1.19 bits per heavy atom. The van der Waals surface area contributed by atoms with Crippen LogP contribution in [-0.4, -0.2) is 18.3 Å². The highest BCUT2D eigenvalue weighted by Crippen LogP contribution is 2.40. The molecule has 0 fully saturated rings. The number of halogens is 2. The summed E-state index contributed by atoms with van der Waals surface area (Å²) in [4.78, 5) is 6.78. The van der Waals surface area contributed by atoms with Crippen LogP contribution in [0.3, 0.4) is 0 Å². The number of aryl methyl sites for hydroxylation is 1. The molecule has 2 nitrogen and oxygen atoms in total. The van der Waals surface area contributed by atoms with Gasteiger partial charge in [-0.05, 0) is 85.4 Å². The van der Waals surface area contributed by atoms with Crippen molar-refractivity contribution in [1.29, 1.82) is 0 Å². The first-order valence-corrected chi connectivity index (χ1v) is 10.1. The summed E-state index contributed by atoms with van der Waals surface area (Å²) in [5, 5.41) is 0. The highest BCUT2D eigenvalue weighted by Gasteiger charge is 2.31. The number of fused-ring (bicyclic) bond motifs is 1. The Labute approximate surface area is 169 Å². The molecule has 1 aliphatic heterocycles. The zero-order valence-corrected chi connectivity index (χ0v) is 18.2. The van der Waals surface area contributed by atoms with E-state index < -0.39 is 0 Å². The molecule has 0 aromatic heterocycles. The van der Waals surface area contributed by atoms with Gasteiger partial charge in [0.25, 0.3) is 0 Å². The molecule has 0 atom stereocenters. The van der Waals surface area contributed by atoms with Gasteiger partial charge in [0.2, 0.25) is 0 Å². The van der Waals surface area contributed by atoms with Crippen LogP contribution in [0.4, 0.5) is 15.8 Å². The molecule has 2 aromatic carbocycles. The second-order valence-corrected chi connectivity index (χ2v) is 8.59. The molecule has 0 saturated carbocycles. The molecule has 2 aromatic rings. The standard InChI is InChI=1S/C23H26BrFN2/c1-6-9-27-22-12-20(25)17(11-18(22)16(3)13-23(27,4)5)14-26-21-8-7-15(2)10-19(21)24/h7-8,10-14H,6,9H2,1-5H3. The van der Waals surface area contributed by atoms with Crippen molar-refractivity contribution in [2.24, 2.45) is 4.99 Å². The molecular weight excluding hydrogens is 403 g/mol. The molecule has 0 radical (unpaired) electrons. The van der Waals surface area contributed by atoms with Crippen molar-refractivity contribution in [1.82, 2.24) is 0 Å². The molecule has 142 valence electrons. The molecule has 4 heteroatoms. The van der Waals surface area contributed by atoms with E-state index in [1.807, 2.05) is 31.2 Å². The van der Waals surface area contributed by atoms with Crippen LogP contribution in [0.1, 0.15) is 50.8 Å². The molecule has 0 spiro atoms. The first-order chi connectivity index (χ1) is 12.7. The summed E-state index contributed by atoms with van der Waals surface area (Å²) in [6.07, 6.45) is 4.89. The summed E-state index contributed by atoms with van der Waals surface area (Å²) < 4.78 is 15.8. The van der Waals surface area contributed by atoms with Gasteiger partial charge in [0.1, 0.15) is 5.82 Å². The monoisotopic (exact) mass is 428 g/mol. The molecule has 0 bridgehead atoms. The van der Waals surface area contributed by atoms with Gasteiger partial charge >= 0.3 is 0 Å². The number of nitrogens with zero attached hydrogens (tertiary/aromatic N) is 2. The number of aliphatic imine (C=N–C) groups is 1. The second kappa shape index (κ2) is 7.59. The van der Waals surface area contributed by atoms with E-state index in [2.05, 4.69) is 59.6 Å². The van der Waals surface area contributed by atoms with E-state index in [0.717, 1.165) is 39.9 Å². The summed E-state index contributed by atoms with van der Waals surface area (Å²) in [5.41, 5.74) is 5.54. The Kier molecular flexibility index (Phi) is 5.57. The Morgan fingerprint density at radius 3 is 2.59 bits per heavy atom. The second-order valence-electron chi connectivity index (χ2n) is 7.74. The maximum atomic E-state index is 14.9. The fourth-order valence-electron chi connectivity index (χ4n) is 3.70. The topological polar surface area (TPSA) is 15.6 Å². The summed E-state index contributed by atoms with van der Waals surface area (Å²) in [5.74, 6) is -0.243. The molecule has 0 saturated heterocycles. The SMILES string of the molecule is CCCN1c2cc(F)c(C=Nc3ccc(C)cc3Br)cc2C(C)=CC1(C)C. The summed E-state index contributed by atoms with van der Waals surface area (Å²) >= 11 is 3.52. The van der Waals surface area contributed by atoms with Crippen molar-refractivity contribution in [3.63, 3.8) is 0 Å². The zero-order valence-electron chi connectivity index (χ0n) is 16.6. The predicted molar refractivity (Wildman–Crippen MR) is 118 cm³/mol. The van der Waals surface area contributed by atoms with Crippen molar-refractivity contribution >= 4 is 39.1 Å². The first kappa shape index (κ1) is 19.8. The quantitative estimate of drug-likeness (QED) is 0.475. The largest absolute Gasteiger partial charge is 0.362 e. The molecule has 27 heavy (non-hydrogen) atoms. The third kappa shape index (κ3) is 4.01. The fraction of sp³-hybridized carbons (Fsp3) is 0.348. The lowest BCUT2D eigenvalue weighted by Crippen LogP contribution is -2.45. The minimum atomic E-state index is -0.243. The summed E-state index contributed by atoms with van der Waals surface area (Å²) in [7, 11) is 0. The highest BCUT2D eigenvalue weighted by atomic mass is 79.9. The van der Waals surface area contributed by atoms with E-state index >= 15 is 0 Å². The van der Waals surface area contributed by atoms with Crippen LogP contribution >= 0.6 is 15.9 Å². The highest BCUT2D eigenvalue weighted by molar-refractivity contribution is 9.10. The number of hydrogen-bond donors (Lipinski definition) is 0. The number of hydrogen-bond acceptors (Lipinski definition) is 2. The van der Waals surface area contributed by atoms with Crippen LogP contribution in [0.15, 0.2) is 45.9 Å². The van der Waals surface area contributed by atoms with Crippen molar-refractivity contribution in [2.75, 3.05) is 11.4 Å². The first-order valence-electron chi connectivity index (χ1n) is 9.34. The molecule has 0 N–H and O–H groups in total. The third-order valence-electron chi connectivity index (χ3n) is 4.99. The zero-order chi connectivity index (χ0) is 19.8. The van der Waals surface area contributed by atoms with Crippen LogP contribution in [0.2, 0.25) is 0 Å². The van der Waals surface area contributed by atoms with E-state index in [1.54, 1.807) is 12.3 Å². The van der Waals surface area contributed by atoms with E-state index in [4.69, 9.17) is 0 Å². The Balaban J connectivity index is 2.03. The number of allylic oxidation sites excluding steroid dienone is 1. The molecule has 0 aliphatic carbocycles. The number of benzene rings is 2. The van der Waals surface area contributed by atoms with E-state index in [1.165, 1.54) is 5.57 Å². The lowest BCUT2D eigenvalue weighted by molar-refractivity contribution is 0.546. The summed E-state index contributed by atoms with van der Waals surface area (Å²) in [6, 6.07) is 9.52. The maximum absolute atomic E-state index is 14.9. The number of rotatable bonds is 4. The molecule has 1 heterocycles. The van der Waals surface area contributed by atoms with Gasteiger partial charge in [0.05, 0.1) is 11.2 Å². The van der Waals surface area contributed by atoms with Crippen molar-refractivity contribution < 1.29 is 4.39 Å².